The summed E-state index contributed by atoms with van der Waals surface area (Å²) in [6.07, 6.45) is 9.01. The van der Waals surface area contributed by atoms with Crippen LogP contribution < -0.4 is 0 Å². The van der Waals surface area contributed by atoms with Gasteiger partial charge in [-0.1, -0.05) is 42.5 Å². The van der Waals surface area contributed by atoms with Gasteiger partial charge in [-0.2, -0.15) is 10.4 Å². The van der Waals surface area contributed by atoms with Crippen molar-refractivity contribution in [3.05, 3.63) is 77.4 Å². The molecule has 1 heterocycles. The second kappa shape index (κ2) is 5.76. The lowest BCUT2D eigenvalue weighted by Gasteiger charge is -2.15. The molecule has 0 radical (unpaired) electrons. The molecule has 0 spiro atoms. The molecule has 1 aromatic carbocycles. The molecule has 1 aliphatic carbocycles. The fourth-order valence-corrected chi connectivity index (χ4v) is 2.50. The van der Waals surface area contributed by atoms with Gasteiger partial charge in [-0.15, -0.1) is 0 Å². The van der Waals surface area contributed by atoms with E-state index in [0.717, 1.165) is 12.1 Å². The van der Waals surface area contributed by atoms with Crippen LogP contribution in [0.3, 0.4) is 0 Å². The van der Waals surface area contributed by atoms with E-state index in [2.05, 4.69) is 23.3 Å². The predicted molar refractivity (Wildman–Crippen MR) is 78.1 cm³/mol. The van der Waals surface area contributed by atoms with E-state index in [0.29, 0.717) is 17.8 Å². The van der Waals surface area contributed by atoms with Gasteiger partial charge in [0.2, 0.25) is 0 Å². The van der Waals surface area contributed by atoms with E-state index in [-0.39, 0.29) is 11.7 Å². The van der Waals surface area contributed by atoms with Crippen LogP contribution in [0.5, 0.6) is 0 Å². The average molecular weight is 279 g/mol. The Hall–Kier alpha value is -2.67. The first kappa shape index (κ1) is 13.3. The third-order valence-corrected chi connectivity index (χ3v) is 3.56. The maximum absolute atomic E-state index is 13.8. The molecular formula is C17H14FN3. The molecule has 1 unspecified atom stereocenters. The highest BCUT2D eigenvalue weighted by atomic mass is 19.1. The highest BCUT2D eigenvalue weighted by molar-refractivity contribution is 5.31. The molecule has 1 aliphatic rings. The van der Waals surface area contributed by atoms with Crippen LogP contribution in [0.1, 0.15) is 29.3 Å². The minimum absolute atomic E-state index is 0.177. The maximum atomic E-state index is 13.8. The smallest absolute Gasteiger partial charge is 0.162 e. The Labute approximate surface area is 122 Å². The second-order valence-corrected chi connectivity index (χ2v) is 4.97. The third kappa shape index (κ3) is 2.77. The zero-order chi connectivity index (χ0) is 14.7. The molecule has 0 N–H and O–H groups in total. The fraction of sp³-hybridized carbons (Fsp3) is 0.176. The first-order chi connectivity index (χ1) is 10.3. The van der Waals surface area contributed by atoms with Crippen molar-refractivity contribution in [1.82, 2.24) is 9.78 Å². The molecule has 0 saturated carbocycles. The topological polar surface area (TPSA) is 41.6 Å². The van der Waals surface area contributed by atoms with Crippen LogP contribution in [0.4, 0.5) is 4.39 Å². The summed E-state index contributed by atoms with van der Waals surface area (Å²) < 4.78 is 15.5. The normalized spacial score (nSPS) is 16.9. The van der Waals surface area contributed by atoms with Gasteiger partial charge in [0, 0.05) is 17.2 Å². The summed E-state index contributed by atoms with van der Waals surface area (Å²) in [4.78, 5) is 0. The van der Waals surface area contributed by atoms with Crippen LogP contribution in [0.25, 0.3) is 0 Å². The van der Waals surface area contributed by atoms with Gasteiger partial charge in [0.05, 0.1) is 6.54 Å². The van der Waals surface area contributed by atoms with Crippen molar-refractivity contribution in [2.45, 2.75) is 18.9 Å². The second-order valence-electron chi connectivity index (χ2n) is 4.97. The lowest BCUT2D eigenvalue weighted by molar-refractivity contribution is 0.567. The number of hydrogen-bond donors (Lipinski definition) is 0. The van der Waals surface area contributed by atoms with Gasteiger partial charge in [-0.25, -0.2) is 4.39 Å². The standard InChI is InChI=1S/C17H14FN3/c18-16-9-5-4-8-14(16)12-21-17(10-15(11-19)20-21)13-6-2-1-3-7-13/h1-6,8-10,13H,7,12H2. The number of nitriles is 1. The minimum atomic E-state index is -0.253. The van der Waals surface area contributed by atoms with E-state index in [1.54, 1.807) is 28.9 Å². The molecule has 0 bridgehead atoms. The molecule has 2 aromatic rings. The Morgan fingerprint density at radius 3 is 2.90 bits per heavy atom. The van der Waals surface area contributed by atoms with Crippen molar-refractivity contribution in [2.75, 3.05) is 0 Å². The zero-order valence-corrected chi connectivity index (χ0v) is 11.4. The summed E-state index contributed by atoms with van der Waals surface area (Å²) in [5.74, 6) is -0.0760. The van der Waals surface area contributed by atoms with Gasteiger partial charge >= 0.3 is 0 Å². The summed E-state index contributed by atoms with van der Waals surface area (Å²) >= 11 is 0. The molecule has 3 nitrogen and oxygen atoms in total. The minimum Gasteiger partial charge on any atom is -0.263 e. The van der Waals surface area contributed by atoms with Crippen LogP contribution in [-0.2, 0) is 6.54 Å². The van der Waals surface area contributed by atoms with E-state index in [4.69, 9.17) is 5.26 Å². The molecule has 3 rings (SSSR count). The van der Waals surface area contributed by atoms with Gasteiger partial charge in [0.1, 0.15) is 11.9 Å². The van der Waals surface area contributed by atoms with Crippen molar-refractivity contribution in [3.63, 3.8) is 0 Å². The van der Waals surface area contributed by atoms with Gasteiger partial charge in [0.25, 0.3) is 0 Å². The molecule has 104 valence electrons. The number of rotatable bonds is 3. The molecule has 4 heteroatoms. The Kier molecular flexibility index (Phi) is 3.65. The van der Waals surface area contributed by atoms with E-state index >= 15 is 0 Å². The van der Waals surface area contributed by atoms with Crippen LogP contribution >= 0.6 is 0 Å². The first-order valence-electron chi connectivity index (χ1n) is 6.82. The Bertz CT molecular complexity index is 750. The van der Waals surface area contributed by atoms with Crippen molar-refractivity contribution in [2.24, 2.45) is 0 Å². The monoisotopic (exact) mass is 279 g/mol. The number of nitrogens with zero attached hydrogens (tertiary/aromatic N) is 3. The summed E-state index contributed by atoms with van der Waals surface area (Å²) in [6, 6.07) is 10.5. The van der Waals surface area contributed by atoms with Gasteiger partial charge < -0.3 is 0 Å². The van der Waals surface area contributed by atoms with Crippen LogP contribution in [0.2, 0.25) is 0 Å². The number of hydrogen-bond acceptors (Lipinski definition) is 2. The van der Waals surface area contributed by atoms with E-state index in [1.807, 2.05) is 12.2 Å². The predicted octanol–water partition coefficient (Wildman–Crippen LogP) is 3.54. The number of benzene rings is 1. The molecule has 21 heavy (non-hydrogen) atoms. The van der Waals surface area contributed by atoms with Crippen molar-refractivity contribution >= 4 is 0 Å². The lowest BCUT2D eigenvalue weighted by Crippen LogP contribution is -2.11. The lowest BCUT2D eigenvalue weighted by atomic mass is 9.97. The van der Waals surface area contributed by atoms with E-state index in [1.165, 1.54) is 6.07 Å². The highest BCUT2D eigenvalue weighted by Crippen LogP contribution is 2.26. The van der Waals surface area contributed by atoms with Gasteiger partial charge in [-0.05, 0) is 18.6 Å². The Balaban J connectivity index is 1.96. The highest BCUT2D eigenvalue weighted by Gasteiger charge is 2.17. The number of halogens is 1. The number of allylic oxidation sites excluding steroid dienone is 4. The molecule has 1 aromatic heterocycles. The third-order valence-electron chi connectivity index (χ3n) is 3.56. The zero-order valence-electron chi connectivity index (χ0n) is 11.4. The van der Waals surface area contributed by atoms with Gasteiger partial charge in [-0.3, -0.25) is 4.68 Å². The molecule has 0 fully saturated rings. The molecule has 0 aliphatic heterocycles. The van der Waals surface area contributed by atoms with Crippen molar-refractivity contribution < 1.29 is 4.39 Å². The summed E-state index contributed by atoms with van der Waals surface area (Å²) in [7, 11) is 0. The molecule has 0 amide bonds. The quantitative estimate of drug-likeness (QED) is 0.862. The van der Waals surface area contributed by atoms with Gasteiger partial charge in [0.15, 0.2) is 5.69 Å². The summed E-state index contributed by atoms with van der Waals surface area (Å²) in [6.45, 7) is 0.331. The summed E-state index contributed by atoms with van der Waals surface area (Å²) in [5, 5.41) is 13.3. The first-order valence-corrected chi connectivity index (χ1v) is 6.82. The van der Waals surface area contributed by atoms with Crippen LogP contribution in [0.15, 0.2) is 54.6 Å². The van der Waals surface area contributed by atoms with E-state index < -0.39 is 0 Å². The van der Waals surface area contributed by atoms with E-state index in [9.17, 15) is 4.39 Å². The van der Waals surface area contributed by atoms with Crippen LogP contribution in [-0.4, -0.2) is 9.78 Å². The van der Waals surface area contributed by atoms with Crippen molar-refractivity contribution in [3.8, 4) is 6.07 Å². The Morgan fingerprint density at radius 2 is 2.19 bits per heavy atom. The molecular weight excluding hydrogens is 265 g/mol. The van der Waals surface area contributed by atoms with Crippen LogP contribution in [0, 0.1) is 17.1 Å². The average Bonchev–Trinajstić information content (AvgIpc) is 2.93. The maximum Gasteiger partial charge on any atom is 0.162 e. The van der Waals surface area contributed by atoms with Crippen molar-refractivity contribution in [1.29, 1.82) is 5.26 Å². The Morgan fingerprint density at radius 1 is 1.33 bits per heavy atom. The fourth-order valence-electron chi connectivity index (χ4n) is 2.50. The number of aromatic nitrogens is 2. The summed E-state index contributed by atoms with van der Waals surface area (Å²) in [5.41, 5.74) is 1.88. The SMILES string of the molecule is N#Cc1cc(C2C=CC=CC2)n(Cc2ccccc2F)n1. The largest absolute Gasteiger partial charge is 0.263 e. The molecule has 1 atom stereocenters. The molecule has 0 saturated heterocycles.